The van der Waals surface area contributed by atoms with Crippen LogP contribution >= 0.6 is 23.4 Å². The molecule has 0 aliphatic rings. The lowest BCUT2D eigenvalue weighted by atomic mass is 10.2. The molecule has 1 unspecified atom stereocenters. The van der Waals surface area contributed by atoms with E-state index in [0.29, 0.717) is 5.25 Å². The second-order valence-corrected chi connectivity index (χ2v) is 6.29. The molecular formula is C14H22ClNOS. The Morgan fingerprint density at radius 2 is 2.22 bits per heavy atom. The van der Waals surface area contributed by atoms with Gasteiger partial charge in [0.1, 0.15) is 0 Å². The second-order valence-electron chi connectivity index (χ2n) is 4.37. The summed E-state index contributed by atoms with van der Waals surface area (Å²) < 4.78 is 0. The highest BCUT2D eigenvalue weighted by molar-refractivity contribution is 8.00. The molecule has 0 aliphatic heterocycles. The third kappa shape index (κ3) is 5.61. The number of halogens is 1. The van der Waals surface area contributed by atoms with Gasteiger partial charge in [0.05, 0.1) is 0 Å². The lowest BCUT2D eigenvalue weighted by molar-refractivity contribution is 0.289. The van der Waals surface area contributed by atoms with Crippen LogP contribution < -0.4 is 5.32 Å². The first kappa shape index (κ1) is 15.8. The quantitative estimate of drug-likeness (QED) is 0.565. The maximum atomic E-state index is 8.95. The molecule has 0 fully saturated rings. The van der Waals surface area contributed by atoms with Crippen LogP contribution in [0.2, 0.25) is 5.02 Å². The Bertz CT molecular complexity index is 360. The number of thioether (sulfide) groups is 1. The molecule has 0 heterocycles. The van der Waals surface area contributed by atoms with Crippen molar-refractivity contribution in [2.24, 2.45) is 0 Å². The van der Waals surface area contributed by atoms with Crippen molar-refractivity contribution < 1.29 is 5.11 Å². The number of benzene rings is 1. The van der Waals surface area contributed by atoms with E-state index in [0.717, 1.165) is 31.0 Å². The highest BCUT2D eigenvalue weighted by Crippen LogP contribution is 2.30. The van der Waals surface area contributed by atoms with Crippen LogP contribution in [0.4, 0.5) is 0 Å². The van der Waals surface area contributed by atoms with E-state index >= 15 is 0 Å². The monoisotopic (exact) mass is 287 g/mol. The third-order valence-electron chi connectivity index (χ3n) is 2.63. The minimum Gasteiger partial charge on any atom is -0.396 e. The molecule has 0 aliphatic carbocycles. The average molecular weight is 288 g/mol. The maximum absolute atomic E-state index is 8.95. The molecule has 1 rings (SSSR count). The van der Waals surface area contributed by atoms with Crippen molar-refractivity contribution in [3.05, 3.63) is 28.8 Å². The van der Waals surface area contributed by atoms with Crippen LogP contribution in [0.25, 0.3) is 0 Å². The molecule has 18 heavy (non-hydrogen) atoms. The Hall–Kier alpha value is -0.220. The second kappa shape index (κ2) is 8.81. The normalized spacial score (nSPS) is 12.7. The molecule has 0 aromatic heterocycles. The van der Waals surface area contributed by atoms with Crippen LogP contribution in [0, 0.1) is 0 Å². The molecule has 0 saturated heterocycles. The van der Waals surface area contributed by atoms with Crippen molar-refractivity contribution in [3.8, 4) is 0 Å². The van der Waals surface area contributed by atoms with Crippen molar-refractivity contribution in [2.45, 2.75) is 43.4 Å². The minimum atomic E-state index is 0.241. The number of hydrogen-bond acceptors (Lipinski definition) is 3. The standard InChI is InChI=1S/C14H22ClNOS/c1-3-7-16-10-12-9-13(15)4-5-14(12)18-11(2)6-8-17/h4-5,9,11,16-17H,3,6-8,10H2,1-2H3. The predicted octanol–water partition coefficient (Wildman–Crippen LogP) is 3.70. The number of hydrogen-bond donors (Lipinski definition) is 2. The summed E-state index contributed by atoms with van der Waals surface area (Å²) >= 11 is 7.85. The van der Waals surface area contributed by atoms with Crippen molar-refractivity contribution >= 4 is 23.4 Å². The van der Waals surface area contributed by atoms with Gasteiger partial charge < -0.3 is 10.4 Å². The number of nitrogens with one attached hydrogen (secondary N) is 1. The molecule has 0 saturated carbocycles. The van der Waals surface area contributed by atoms with Gasteiger partial charge in [-0.25, -0.2) is 0 Å². The molecule has 0 bridgehead atoms. The van der Waals surface area contributed by atoms with Gasteiger partial charge in [-0.1, -0.05) is 25.4 Å². The van der Waals surface area contributed by atoms with Crippen LogP contribution in [-0.2, 0) is 6.54 Å². The summed E-state index contributed by atoms with van der Waals surface area (Å²) in [7, 11) is 0. The van der Waals surface area contributed by atoms with E-state index in [1.54, 1.807) is 11.8 Å². The zero-order chi connectivity index (χ0) is 13.4. The third-order valence-corrected chi connectivity index (χ3v) is 4.15. The molecule has 0 spiro atoms. The predicted molar refractivity (Wildman–Crippen MR) is 80.5 cm³/mol. The highest BCUT2D eigenvalue weighted by atomic mass is 35.5. The van der Waals surface area contributed by atoms with Gasteiger partial charge in [-0.05, 0) is 43.1 Å². The Kier molecular flexibility index (Phi) is 7.75. The van der Waals surface area contributed by atoms with Gasteiger partial charge in [-0.3, -0.25) is 0 Å². The number of aliphatic hydroxyl groups excluding tert-OH is 1. The Morgan fingerprint density at radius 1 is 1.44 bits per heavy atom. The van der Waals surface area contributed by atoms with E-state index in [1.807, 2.05) is 12.1 Å². The van der Waals surface area contributed by atoms with Gasteiger partial charge in [0.25, 0.3) is 0 Å². The Balaban J connectivity index is 2.69. The lowest BCUT2D eigenvalue weighted by Gasteiger charge is -2.14. The van der Waals surface area contributed by atoms with E-state index in [1.165, 1.54) is 10.5 Å². The molecule has 2 N–H and O–H groups in total. The number of aliphatic hydroxyl groups is 1. The van der Waals surface area contributed by atoms with E-state index in [9.17, 15) is 0 Å². The van der Waals surface area contributed by atoms with Gasteiger partial charge in [0.15, 0.2) is 0 Å². The fourth-order valence-electron chi connectivity index (χ4n) is 1.66. The molecule has 1 aromatic rings. The van der Waals surface area contributed by atoms with Crippen molar-refractivity contribution in [3.63, 3.8) is 0 Å². The first-order chi connectivity index (χ1) is 8.67. The number of rotatable bonds is 8. The molecule has 4 heteroatoms. The van der Waals surface area contributed by atoms with Crippen molar-refractivity contribution in [1.82, 2.24) is 5.32 Å². The molecule has 1 aromatic carbocycles. The van der Waals surface area contributed by atoms with Gasteiger partial charge in [0.2, 0.25) is 0 Å². The molecule has 1 atom stereocenters. The smallest absolute Gasteiger partial charge is 0.0441 e. The van der Waals surface area contributed by atoms with Crippen LogP contribution in [0.3, 0.4) is 0 Å². The fourth-order valence-corrected chi connectivity index (χ4v) is 2.94. The summed E-state index contributed by atoms with van der Waals surface area (Å²) in [5.74, 6) is 0. The van der Waals surface area contributed by atoms with Crippen LogP contribution in [-0.4, -0.2) is 23.5 Å². The summed E-state index contributed by atoms with van der Waals surface area (Å²) in [6, 6.07) is 6.03. The van der Waals surface area contributed by atoms with Crippen LogP contribution in [0.15, 0.2) is 23.1 Å². The Morgan fingerprint density at radius 3 is 2.89 bits per heavy atom. The first-order valence-corrected chi connectivity index (χ1v) is 7.69. The molecule has 0 amide bonds. The van der Waals surface area contributed by atoms with Crippen molar-refractivity contribution in [2.75, 3.05) is 13.2 Å². The van der Waals surface area contributed by atoms with Crippen LogP contribution in [0.5, 0.6) is 0 Å². The minimum absolute atomic E-state index is 0.241. The Labute approximate surface area is 119 Å². The topological polar surface area (TPSA) is 32.3 Å². The van der Waals surface area contributed by atoms with Gasteiger partial charge in [-0.2, -0.15) is 0 Å². The largest absolute Gasteiger partial charge is 0.396 e. The fraction of sp³-hybridized carbons (Fsp3) is 0.571. The van der Waals surface area contributed by atoms with E-state index in [2.05, 4.69) is 25.2 Å². The highest BCUT2D eigenvalue weighted by Gasteiger charge is 2.08. The van der Waals surface area contributed by atoms with Crippen LogP contribution in [0.1, 0.15) is 32.3 Å². The van der Waals surface area contributed by atoms with Gasteiger partial charge >= 0.3 is 0 Å². The summed E-state index contributed by atoms with van der Waals surface area (Å²) in [6.07, 6.45) is 1.94. The van der Waals surface area contributed by atoms with E-state index in [4.69, 9.17) is 16.7 Å². The summed E-state index contributed by atoms with van der Waals surface area (Å²) in [5.41, 5.74) is 1.24. The molecule has 0 radical (unpaired) electrons. The van der Waals surface area contributed by atoms with Gasteiger partial charge in [-0.15, -0.1) is 11.8 Å². The van der Waals surface area contributed by atoms with Crippen molar-refractivity contribution in [1.29, 1.82) is 0 Å². The lowest BCUT2D eigenvalue weighted by Crippen LogP contribution is -2.14. The molecular weight excluding hydrogens is 266 g/mol. The summed E-state index contributed by atoms with van der Waals surface area (Å²) in [6.45, 7) is 6.40. The zero-order valence-corrected chi connectivity index (χ0v) is 12.7. The van der Waals surface area contributed by atoms with E-state index < -0.39 is 0 Å². The summed E-state index contributed by atoms with van der Waals surface area (Å²) in [4.78, 5) is 1.25. The van der Waals surface area contributed by atoms with E-state index in [-0.39, 0.29) is 6.61 Å². The molecule has 102 valence electrons. The average Bonchev–Trinajstić information content (AvgIpc) is 2.33. The zero-order valence-electron chi connectivity index (χ0n) is 11.1. The molecule has 2 nitrogen and oxygen atoms in total. The maximum Gasteiger partial charge on any atom is 0.0441 e. The summed E-state index contributed by atoms with van der Waals surface area (Å²) in [5, 5.41) is 13.6. The SMILES string of the molecule is CCCNCc1cc(Cl)ccc1SC(C)CCO. The first-order valence-electron chi connectivity index (χ1n) is 6.44. The van der Waals surface area contributed by atoms with Gasteiger partial charge in [0, 0.05) is 28.3 Å².